The van der Waals surface area contributed by atoms with Crippen molar-refractivity contribution in [1.29, 1.82) is 0 Å². The van der Waals surface area contributed by atoms with Gasteiger partial charge in [-0.1, -0.05) is 0 Å². The number of carbonyl (C=O) groups is 3. The van der Waals surface area contributed by atoms with Crippen molar-refractivity contribution in [3.05, 3.63) is 0 Å². The van der Waals surface area contributed by atoms with Gasteiger partial charge in [0.25, 0.3) is 5.78 Å². The first-order valence-electron chi connectivity index (χ1n) is 4.56. The maximum Gasteiger partial charge on any atom is 0.262 e. The van der Waals surface area contributed by atoms with Crippen LogP contribution < -0.4 is 5.32 Å². The third-order valence-electron chi connectivity index (χ3n) is 2.61. The number of carbonyl (C=O) groups excluding carboxylic acids is 3. The van der Waals surface area contributed by atoms with Crippen LogP contribution in [0, 0.1) is 0 Å². The Morgan fingerprint density at radius 2 is 2.14 bits per heavy atom. The number of hydrogen-bond acceptors (Lipinski definition) is 5. The van der Waals surface area contributed by atoms with E-state index in [2.05, 4.69) is 5.32 Å². The van der Waals surface area contributed by atoms with E-state index in [1.165, 1.54) is 0 Å². The van der Waals surface area contributed by atoms with Crippen molar-refractivity contribution in [1.82, 2.24) is 10.2 Å². The van der Waals surface area contributed by atoms with E-state index in [9.17, 15) is 14.4 Å². The van der Waals surface area contributed by atoms with Gasteiger partial charge in [0, 0.05) is 0 Å². The Bertz CT molecular complexity index is 265. The average Bonchev–Trinajstić information content (AvgIpc) is 2.20. The Hall–Kier alpha value is -1.07. The molecule has 1 rings (SSSR count). The van der Waals surface area contributed by atoms with Crippen LogP contribution in [0.3, 0.4) is 0 Å². The lowest BCUT2D eigenvalue weighted by atomic mass is 10.0. The van der Waals surface area contributed by atoms with Gasteiger partial charge in [0.05, 0.1) is 12.2 Å². The number of rotatable bonds is 3. The normalized spacial score (nSPS) is 28.4. The van der Waals surface area contributed by atoms with Crippen molar-refractivity contribution < 1.29 is 14.4 Å². The molecule has 1 aliphatic rings. The molecule has 0 amide bonds. The Kier molecular flexibility index (Phi) is 3.49. The number of hydrogen-bond donors (Lipinski definition) is 1. The molecule has 0 aromatic heterocycles. The summed E-state index contributed by atoms with van der Waals surface area (Å²) in [5.74, 6) is -1.54. The maximum absolute atomic E-state index is 11.4. The Morgan fingerprint density at radius 3 is 2.71 bits per heavy atom. The summed E-state index contributed by atoms with van der Waals surface area (Å²) in [6, 6.07) is -0.455. The minimum atomic E-state index is -0.934. The summed E-state index contributed by atoms with van der Waals surface area (Å²) in [5, 5.41) is 3.15. The second-order valence-corrected chi connectivity index (χ2v) is 3.45. The molecule has 2 unspecified atom stereocenters. The molecule has 1 fully saturated rings. The molecule has 5 nitrogen and oxygen atoms in total. The van der Waals surface area contributed by atoms with Crippen molar-refractivity contribution in [2.24, 2.45) is 0 Å². The first-order chi connectivity index (χ1) is 6.57. The fourth-order valence-corrected chi connectivity index (χ4v) is 1.58. The van der Waals surface area contributed by atoms with Crippen LogP contribution in [0.1, 0.15) is 13.3 Å². The van der Waals surface area contributed by atoms with Crippen molar-refractivity contribution in [3.63, 3.8) is 0 Å². The van der Waals surface area contributed by atoms with E-state index in [1.54, 1.807) is 11.9 Å². The zero-order valence-electron chi connectivity index (χ0n) is 8.32. The summed E-state index contributed by atoms with van der Waals surface area (Å²) in [7, 11) is 1.76. The average molecular weight is 198 g/mol. The largest absolute Gasteiger partial charge is 0.302 e. The Labute approximate surface area is 82.4 Å². The Morgan fingerprint density at radius 1 is 1.50 bits per heavy atom. The third-order valence-corrected chi connectivity index (χ3v) is 2.61. The molecule has 0 aromatic rings. The highest BCUT2D eigenvalue weighted by molar-refractivity contribution is 6.58. The molecule has 0 saturated carbocycles. The second kappa shape index (κ2) is 4.43. The van der Waals surface area contributed by atoms with Crippen molar-refractivity contribution in [3.8, 4) is 0 Å². The molecule has 1 aliphatic heterocycles. The SMILES string of the molecule is CC1NCCC(C(=O)C(=O)C=O)N1C. The van der Waals surface area contributed by atoms with E-state index < -0.39 is 17.6 Å². The molecule has 0 aliphatic carbocycles. The smallest absolute Gasteiger partial charge is 0.262 e. The van der Waals surface area contributed by atoms with Crippen molar-refractivity contribution in [2.75, 3.05) is 13.6 Å². The van der Waals surface area contributed by atoms with Crippen molar-refractivity contribution in [2.45, 2.75) is 25.6 Å². The van der Waals surface area contributed by atoms with Gasteiger partial charge in [-0.2, -0.15) is 0 Å². The molecule has 0 spiro atoms. The molecule has 14 heavy (non-hydrogen) atoms. The number of nitrogens with one attached hydrogen (secondary N) is 1. The van der Waals surface area contributed by atoms with Gasteiger partial charge in [-0.25, -0.2) is 0 Å². The number of Topliss-reactive ketones (excluding diaryl/α,β-unsaturated/α-hetero) is 2. The third kappa shape index (κ3) is 2.05. The van der Waals surface area contributed by atoms with E-state index in [0.29, 0.717) is 13.0 Å². The quantitative estimate of drug-likeness (QED) is 0.356. The molecular formula is C9H14N2O3. The molecule has 2 atom stereocenters. The molecule has 1 saturated heterocycles. The first-order valence-corrected chi connectivity index (χ1v) is 4.56. The highest BCUT2D eigenvalue weighted by Crippen LogP contribution is 2.11. The monoisotopic (exact) mass is 198 g/mol. The minimum Gasteiger partial charge on any atom is -0.302 e. The van der Waals surface area contributed by atoms with E-state index in [1.807, 2.05) is 6.92 Å². The van der Waals surface area contributed by atoms with Gasteiger partial charge in [0.1, 0.15) is 0 Å². The standard InChI is InChI=1S/C9H14N2O3/c1-6-10-4-3-7(11(6)2)9(14)8(13)5-12/h5-7,10H,3-4H2,1-2H3. The molecule has 5 heteroatoms. The molecule has 78 valence electrons. The number of nitrogens with zero attached hydrogens (tertiary/aromatic N) is 1. The van der Waals surface area contributed by atoms with Crippen molar-refractivity contribution >= 4 is 17.9 Å². The van der Waals surface area contributed by atoms with Gasteiger partial charge in [0.15, 0.2) is 6.29 Å². The van der Waals surface area contributed by atoms with Crippen LogP contribution >= 0.6 is 0 Å². The summed E-state index contributed by atoms with van der Waals surface area (Å²) in [6.45, 7) is 2.60. The molecule has 0 aromatic carbocycles. The van der Waals surface area contributed by atoms with Crippen LogP contribution in [0.5, 0.6) is 0 Å². The highest BCUT2D eigenvalue weighted by atomic mass is 16.2. The highest BCUT2D eigenvalue weighted by Gasteiger charge is 2.32. The van der Waals surface area contributed by atoms with Crippen LogP contribution in [-0.2, 0) is 14.4 Å². The Balaban J connectivity index is 2.71. The predicted octanol–water partition coefficient (Wildman–Crippen LogP) is -1.04. The van der Waals surface area contributed by atoms with E-state index in [0.717, 1.165) is 0 Å². The lowest BCUT2D eigenvalue weighted by Gasteiger charge is -2.36. The van der Waals surface area contributed by atoms with Gasteiger partial charge < -0.3 is 5.32 Å². The zero-order valence-corrected chi connectivity index (χ0v) is 8.32. The van der Waals surface area contributed by atoms with Gasteiger partial charge >= 0.3 is 0 Å². The fraction of sp³-hybridized carbons (Fsp3) is 0.667. The van der Waals surface area contributed by atoms with Gasteiger partial charge in [-0.05, 0) is 26.9 Å². The second-order valence-electron chi connectivity index (χ2n) is 3.45. The summed E-state index contributed by atoms with van der Waals surface area (Å²) in [6.07, 6.45) is 0.708. The molecule has 1 N–H and O–H groups in total. The molecular weight excluding hydrogens is 184 g/mol. The van der Waals surface area contributed by atoms with Gasteiger partial charge in [-0.3, -0.25) is 19.3 Å². The molecule has 0 radical (unpaired) electrons. The minimum absolute atomic E-state index is 0.0529. The fourth-order valence-electron chi connectivity index (χ4n) is 1.58. The lowest BCUT2D eigenvalue weighted by molar-refractivity contribution is -0.143. The van der Waals surface area contributed by atoms with Crippen LogP contribution in [-0.4, -0.2) is 48.6 Å². The van der Waals surface area contributed by atoms with Crippen LogP contribution in [0.2, 0.25) is 0 Å². The number of aldehydes is 1. The number of likely N-dealkylation sites (N-methyl/N-ethyl adjacent to an activating group) is 1. The predicted molar refractivity (Wildman–Crippen MR) is 49.7 cm³/mol. The summed E-state index contributed by atoms with van der Waals surface area (Å²) >= 11 is 0. The lowest BCUT2D eigenvalue weighted by Crippen LogP contribution is -2.56. The van der Waals surface area contributed by atoms with E-state index in [4.69, 9.17) is 0 Å². The summed E-state index contributed by atoms with van der Waals surface area (Å²) < 4.78 is 0. The first kappa shape index (κ1) is 11.0. The molecule has 1 heterocycles. The van der Waals surface area contributed by atoms with Crippen LogP contribution in [0.25, 0.3) is 0 Å². The maximum atomic E-state index is 11.4. The number of ketones is 2. The zero-order chi connectivity index (χ0) is 10.7. The van der Waals surface area contributed by atoms with E-state index >= 15 is 0 Å². The van der Waals surface area contributed by atoms with E-state index in [-0.39, 0.29) is 12.5 Å². The van der Waals surface area contributed by atoms with Gasteiger partial charge in [0.2, 0.25) is 5.78 Å². The molecule has 0 bridgehead atoms. The summed E-state index contributed by atoms with van der Waals surface area (Å²) in [5.41, 5.74) is 0. The van der Waals surface area contributed by atoms with Crippen LogP contribution in [0.15, 0.2) is 0 Å². The topological polar surface area (TPSA) is 66.5 Å². The summed E-state index contributed by atoms with van der Waals surface area (Å²) in [4.78, 5) is 34.3. The van der Waals surface area contributed by atoms with Crippen LogP contribution in [0.4, 0.5) is 0 Å². The van der Waals surface area contributed by atoms with Gasteiger partial charge in [-0.15, -0.1) is 0 Å².